The number of halogens is 3. The first-order valence-electron chi connectivity index (χ1n) is 9.72. The van der Waals surface area contributed by atoms with Crippen molar-refractivity contribution in [1.29, 1.82) is 0 Å². The topological polar surface area (TPSA) is 33.6 Å². The van der Waals surface area contributed by atoms with Gasteiger partial charge in [-0.2, -0.15) is 0 Å². The molecule has 1 heterocycles. The van der Waals surface area contributed by atoms with Crippen LogP contribution in [0.25, 0.3) is 0 Å². The Labute approximate surface area is 191 Å². The van der Waals surface area contributed by atoms with Gasteiger partial charge in [-0.25, -0.2) is 0 Å². The molecule has 6 heteroatoms. The number of nitrogens with zero attached hydrogens (tertiary/aromatic N) is 1. The maximum Gasteiger partial charge on any atom is 0.133 e. The second kappa shape index (κ2) is 8.89. The van der Waals surface area contributed by atoms with Crippen molar-refractivity contribution < 1.29 is 4.74 Å². The van der Waals surface area contributed by atoms with Crippen LogP contribution in [0.15, 0.2) is 71.7 Å². The molecule has 2 unspecified atom stereocenters. The lowest BCUT2D eigenvalue weighted by Gasteiger charge is -2.20. The Morgan fingerprint density at radius 2 is 1.37 bits per heavy atom. The predicted octanol–water partition coefficient (Wildman–Crippen LogP) is 7.27. The first-order chi connectivity index (χ1) is 14.4. The number of hydrogen-bond donors (Lipinski definition) is 1. The summed E-state index contributed by atoms with van der Waals surface area (Å²) in [5.74, 6) is 1.47. The Morgan fingerprint density at radius 1 is 0.800 bits per heavy atom. The molecule has 0 saturated carbocycles. The lowest BCUT2D eigenvalue weighted by molar-refractivity contribution is 0.242. The number of amidine groups is 1. The summed E-state index contributed by atoms with van der Waals surface area (Å²) >= 11 is 18.4. The van der Waals surface area contributed by atoms with Crippen LogP contribution in [0.4, 0.5) is 0 Å². The summed E-state index contributed by atoms with van der Waals surface area (Å²) in [7, 11) is 0. The Balaban J connectivity index is 1.77. The van der Waals surface area contributed by atoms with Gasteiger partial charge in [0.25, 0.3) is 0 Å². The van der Waals surface area contributed by atoms with Gasteiger partial charge in [-0.05, 0) is 67.4 Å². The second-order valence-corrected chi connectivity index (χ2v) is 8.76. The molecular weight excluding hydrogens is 439 g/mol. The molecule has 1 N–H and O–H groups in total. The molecule has 0 spiro atoms. The molecule has 0 amide bonds. The van der Waals surface area contributed by atoms with Crippen molar-refractivity contribution in [2.24, 2.45) is 4.99 Å². The number of hydrogen-bond acceptors (Lipinski definition) is 3. The Bertz CT molecular complexity index is 1060. The fourth-order valence-corrected chi connectivity index (χ4v) is 3.94. The van der Waals surface area contributed by atoms with Crippen molar-refractivity contribution in [3.05, 3.63) is 98.5 Å². The molecular formula is C24H21Cl3N2O. The fourth-order valence-electron chi connectivity index (χ4n) is 3.53. The third-order valence-corrected chi connectivity index (χ3v) is 5.62. The zero-order valence-electron chi connectivity index (χ0n) is 16.6. The Kier molecular flexibility index (Phi) is 6.24. The average Bonchev–Trinajstić information content (AvgIpc) is 3.14. The summed E-state index contributed by atoms with van der Waals surface area (Å²) in [5.41, 5.74) is 3.05. The Hall–Kier alpha value is -2.20. The molecule has 3 nitrogen and oxygen atoms in total. The molecule has 0 bridgehead atoms. The van der Waals surface area contributed by atoms with Crippen molar-refractivity contribution in [2.45, 2.75) is 32.0 Å². The predicted molar refractivity (Wildman–Crippen MR) is 125 cm³/mol. The number of rotatable bonds is 5. The quantitative estimate of drug-likeness (QED) is 0.435. The zero-order chi connectivity index (χ0) is 21.3. The minimum Gasteiger partial charge on any atom is -0.490 e. The van der Waals surface area contributed by atoms with Gasteiger partial charge in [0.2, 0.25) is 0 Å². The molecule has 0 radical (unpaired) electrons. The van der Waals surface area contributed by atoms with Crippen LogP contribution in [0.3, 0.4) is 0 Å². The van der Waals surface area contributed by atoms with Crippen LogP contribution in [0, 0.1) is 0 Å². The Morgan fingerprint density at radius 3 is 1.97 bits per heavy atom. The molecule has 0 aliphatic carbocycles. The molecule has 2 atom stereocenters. The SMILES string of the molecule is CC(C)Oc1cc(Cl)ccc1C1=NC(c2ccc(Cl)cc2)C(c2ccc(Cl)cc2)N1. The summed E-state index contributed by atoms with van der Waals surface area (Å²) in [6, 6.07) is 21.1. The molecule has 4 rings (SSSR count). The van der Waals surface area contributed by atoms with Gasteiger partial charge in [-0.15, -0.1) is 0 Å². The van der Waals surface area contributed by atoms with E-state index in [-0.39, 0.29) is 18.2 Å². The maximum absolute atomic E-state index is 6.22. The third kappa shape index (κ3) is 4.59. The summed E-state index contributed by atoms with van der Waals surface area (Å²) in [6.07, 6.45) is 0.0170. The molecule has 30 heavy (non-hydrogen) atoms. The molecule has 0 saturated heterocycles. The van der Waals surface area contributed by atoms with Gasteiger partial charge in [-0.3, -0.25) is 4.99 Å². The van der Waals surface area contributed by atoms with Crippen molar-refractivity contribution in [2.75, 3.05) is 0 Å². The zero-order valence-corrected chi connectivity index (χ0v) is 18.8. The largest absolute Gasteiger partial charge is 0.490 e. The highest BCUT2D eigenvalue weighted by Gasteiger charge is 2.33. The van der Waals surface area contributed by atoms with E-state index in [0.29, 0.717) is 20.8 Å². The van der Waals surface area contributed by atoms with E-state index in [1.807, 2.05) is 80.6 Å². The van der Waals surface area contributed by atoms with Crippen LogP contribution in [0.5, 0.6) is 5.75 Å². The monoisotopic (exact) mass is 458 g/mol. The highest BCUT2D eigenvalue weighted by Crippen LogP contribution is 2.39. The normalized spacial score (nSPS) is 18.3. The van der Waals surface area contributed by atoms with Crippen molar-refractivity contribution in [3.8, 4) is 5.75 Å². The maximum atomic E-state index is 6.22. The minimum absolute atomic E-state index is 0.0170. The van der Waals surface area contributed by atoms with E-state index in [0.717, 1.165) is 22.5 Å². The second-order valence-electron chi connectivity index (χ2n) is 7.45. The molecule has 0 aromatic heterocycles. The lowest BCUT2D eigenvalue weighted by Crippen LogP contribution is -2.25. The molecule has 3 aromatic rings. The first kappa shape index (κ1) is 21.0. The van der Waals surface area contributed by atoms with Crippen LogP contribution in [0.1, 0.15) is 42.6 Å². The van der Waals surface area contributed by atoms with E-state index in [2.05, 4.69) is 5.32 Å². The van der Waals surface area contributed by atoms with Crippen molar-refractivity contribution in [3.63, 3.8) is 0 Å². The third-order valence-electron chi connectivity index (χ3n) is 4.88. The highest BCUT2D eigenvalue weighted by molar-refractivity contribution is 6.31. The van der Waals surface area contributed by atoms with Gasteiger partial charge in [0.1, 0.15) is 17.6 Å². The first-order valence-corrected chi connectivity index (χ1v) is 10.9. The number of ether oxygens (including phenoxy) is 1. The van der Waals surface area contributed by atoms with Gasteiger partial charge >= 0.3 is 0 Å². The van der Waals surface area contributed by atoms with Crippen molar-refractivity contribution in [1.82, 2.24) is 5.32 Å². The van der Waals surface area contributed by atoms with Crippen LogP contribution in [-0.2, 0) is 0 Å². The smallest absolute Gasteiger partial charge is 0.133 e. The summed E-state index contributed by atoms with van der Waals surface area (Å²) < 4.78 is 6.01. The molecule has 0 fully saturated rings. The average molecular weight is 460 g/mol. The van der Waals surface area contributed by atoms with Crippen molar-refractivity contribution >= 4 is 40.6 Å². The van der Waals surface area contributed by atoms with Crippen LogP contribution < -0.4 is 10.1 Å². The van der Waals surface area contributed by atoms with E-state index in [9.17, 15) is 0 Å². The van der Waals surface area contributed by atoms with Gasteiger partial charge < -0.3 is 10.1 Å². The fraction of sp³-hybridized carbons (Fsp3) is 0.208. The molecule has 1 aliphatic heterocycles. The molecule has 154 valence electrons. The van der Waals surface area contributed by atoms with Gasteiger partial charge in [0.15, 0.2) is 0 Å². The van der Waals surface area contributed by atoms with Gasteiger partial charge in [0.05, 0.1) is 17.7 Å². The van der Waals surface area contributed by atoms with Gasteiger partial charge in [-0.1, -0.05) is 59.1 Å². The van der Waals surface area contributed by atoms with E-state index in [1.54, 1.807) is 0 Å². The number of nitrogens with one attached hydrogen (secondary N) is 1. The lowest BCUT2D eigenvalue weighted by atomic mass is 9.95. The van der Waals surface area contributed by atoms with E-state index < -0.39 is 0 Å². The summed E-state index contributed by atoms with van der Waals surface area (Å²) in [4.78, 5) is 5.04. The van der Waals surface area contributed by atoms with E-state index in [1.165, 1.54) is 0 Å². The van der Waals surface area contributed by atoms with E-state index in [4.69, 9.17) is 44.5 Å². The van der Waals surface area contributed by atoms with E-state index >= 15 is 0 Å². The molecule has 3 aromatic carbocycles. The highest BCUT2D eigenvalue weighted by atomic mass is 35.5. The van der Waals surface area contributed by atoms with Crippen LogP contribution >= 0.6 is 34.8 Å². The van der Waals surface area contributed by atoms with Gasteiger partial charge in [0, 0.05) is 15.1 Å². The van der Waals surface area contributed by atoms with Crippen LogP contribution in [0.2, 0.25) is 15.1 Å². The summed E-state index contributed by atoms with van der Waals surface area (Å²) in [6.45, 7) is 3.98. The van der Waals surface area contributed by atoms with Crippen LogP contribution in [-0.4, -0.2) is 11.9 Å². The number of benzene rings is 3. The summed E-state index contributed by atoms with van der Waals surface area (Å²) in [5, 5.41) is 5.61. The molecule has 1 aliphatic rings. The standard InChI is InChI=1S/C24H21Cl3N2O/c1-14(2)30-21-13-19(27)11-12-20(21)24-28-22(15-3-7-17(25)8-4-15)23(29-24)16-5-9-18(26)10-6-16/h3-14,22-23H,1-2H3,(H,28,29). The minimum atomic E-state index is -0.124. The number of aliphatic imine (C=N–C) groups is 1.